The highest BCUT2D eigenvalue weighted by Gasteiger charge is 2.10. The van der Waals surface area contributed by atoms with E-state index >= 15 is 0 Å². The molecule has 0 unspecified atom stereocenters. The minimum atomic E-state index is -0.444. The lowest BCUT2D eigenvalue weighted by molar-refractivity contribution is -0.123. The number of hydrogen-bond acceptors (Lipinski definition) is 4. The van der Waals surface area contributed by atoms with Gasteiger partial charge in [0.15, 0.2) is 6.61 Å². The van der Waals surface area contributed by atoms with E-state index in [4.69, 9.17) is 4.74 Å². The van der Waals surface area contributed by atoms with Crippen molar-refractivity contribution in [2.45, 2.75) is 34.2 Å². The number of nitrogens with one attached hydrogen (secondary N) is 2. The van der Waals surface area contributed by atoms with Gasteiger partial charge in [0.2, 0.25) is 0 Å². The van der Waals surface area contributed by atoms with Gasteiger partial charge in [-0.25, -0.2) is 0 Å². The second-order valence-electron chi connectivity index (χ2n) is 7.32. The number of amides is 2. The Hall–Kier alpha value is -3.61. The largest absolute Gasteiger partial charge is 0.484 e. The average molecular weight is 406 g/mol. The molecule has 1 heterocycles. The quantitative estimate of drug-likeness (QED) is 0.617. The van der Waals surface area contributed by atoms with Gasteiger partial charge >= 0.3 is 0 Å². The summed E-state index contributed by atoms with van der Waals surface area (Å²) in [5, 5.41) is 4.44. The SMILES string of the molecule is Cc1cc(C)n(Cc2cccc(C(=O)NNC(=O)COc3ccc(C)c(C)c3)c2)n1. The number of aryl methyl sites for hydroxylation is 4. The summed E-state index contributed by atoms with van der Waals surface area (Å²) in [5.74, 6) is -0.235. The van der Waals surface area contributed by atoms with Crippen LogP contribution in [0.5, 0.6) is 5.75 Å². The summed E-state index contributed by atoms with van der Waals surface area (Å²) in [6, 6.07) is 14.8. The standard InChI is InChI=1S/C23H26N4O3/c1-15-8-9-21(10-16(15)2)30-14-22(28)24-25-23(29)20-7-5-6-19(12-20)13-27-18(4)11-17(3)26-27/h5-12H,13-14H2,1-4H3,(H,24,28)(H,25,29). The van der Waals surface area contributed by atoms with Crippen molar-refractivity contribution in [1.29, 1.82) is 0 Å². The lowest BCUT2D eigenvalue weighted by atomic mass is 10.1. The Morgan fingerprint density at radius 2 is 1.77 bits per heavy atom. The number of hydrazine groups is 1. The molecule has 3 rings (SSSR count). The Morgan fingerprint density at radius 3 is 2.47 bits per heavy atom. The van der Waals surface area contributed by atoms with E-state index in [2.05, 4.69) is 16.0 Å². The maximum atomic E-state index is 12.4. The number of benzene rings is 2. The third-order valence-corrected chi connectivity index (χ3v) is 4.79. The van der Waals surface area contributed by atoms with Gasteiger partial charge in [-0.1, -0.05) is 18.2 Å². The fourth-order valence-electron chi connectivity index (χ4n) is 3.01. The van der Waals surface area contributed by atoms with Gasteiger partial charge in [0, 0.05) is 11.3 Å². The van der Waals surface area contributed by atoms with Crippen LogP contribution in [0.3, 0.4) is 0 Å². The molecule has 156 valence electrons. The number of aromatic nitrogens is 2. The molecule has 7 nitrogen and oxygen atoms in total. The van der Waals surface area contributed by atoms with E-state index in [-0.39, 0.29) is 6.61 Å². The second-order valence-corrected chi connectivity index (χ2v) is 7.32. The van der Waals surface area contributed by atoms with Crippen molar-refractivity contribution in [3.05, 3.63) is 82.2 Å². The summed E-state index contributed by atoms with van der Waals surface area (Å²) in [5.41, 5.74) is 10.4. The zero-order valence-corrected chi connectivity index (χ0v) is 17.7. The Kier molecular flexibility index (Phi) is 6.51. The molecule has 3 aromatic rings. The third kappa shape index (κ3) is 5.47. The molecule has 2 N–H and O–H groups in total. The molecule has 7 heteroatoms. The van der Waals surface area contributed by atoms with Crippen molar-refractivity contribution in [2.75, 3.05) is 6.61 Å². The van der Waals surface area contributed by atoms with Gasteiger partial charge < -0.3 is 4.74 Å². The zero-order chi connectivity index (χ0) is 21.7. The number of nitrogens with zero attached hydrogens (tertiary/aromatic N) is 2. The molecule has 0 saturated heterocycles. The first-order valence-corrected chi connectivity index (χ1v) is 9.71. The Bertz CT molecular complexity index is 1070. The highest BCUT2D eigenvalue weighted by Crippen LogP contribution is 2.16. The molecular formula is C23H26N4O3. The van der Waals surface area contributed by atoms with E-state index < -0.39 is 11.8 Å². The number of ether oxygens (including phenoxy) is 1. The molecule has 0 atom stereocenters. The van der Waals surface area contributed by atoms with E-state index in [1.54, 1.807) is 18.2 Å². The van der Waals surface area contributed by atoms with Gasteiger partial charge in [0.05, 0.1) is 12.2 Å². The number of rotatable bonds is 6. The molecule has 0 aliphatic heterocycles. The van der Waals surface area contributed by atoms with Crippen LogP contribution in [0.1, 0.15) is 38.4 Å². The number of carbonyl (C=O) groups excluding carboxylic acids is 2. The average Bonchev–Trinajstić information content (AvgIpc) is 3.03. The van der Waals surface area contributed by atoms with E-state index in [1.165, 1.54) is 0 Å². The first-order valence-electron chi connectivity index (χ1n) is 9.71. The van der Waals surface area contributed by atoms with E-state index in [0.717, 1.165) is 28.1 Å². The maximum absolute atomic E-state index is 12.4. The van der Waals surface area contributed by atoms with Gasteiger partial charge in [0.25, 0.3) is 11.8 Å². The van der Waals surface area contributed by atoms with E-state index in [1.807, 2.05) is 62.7 Å². The smallest absolute Gasteiger partial charge is 0.276 e. The van der Waals surface area contributed by atoms with Crippen molar-refractivity contribution < 1.29 is 14.3 Å². The lowest BCUT2D eigenvalue weighted by Crippen LogP contribution is -2.43. The fourth-order valence-corrected chi connectivity index (χ4v) is 3.01. The number of hydrogen-bond donors (Lipinski definition) is 2. The van der Waals surface area contributed by atoms with Crippen molar-refractivity contribution in [1.82, 2.24) is 20.6 Å². The molecule has 0 saturated carbocycles. The Morgan fingerprint density at radius 1 is 0.967 bits per heavy atom. The van der Waals surface area contributed by atoms with Crippen LogP contribution in [0.4, 0.5) is 0 Å². The van der Waals surface area contributed by atoms with Crippen LogP contribution < -0.4 is 15.6 Å². The van der Waals surface area contributed by atoms with Gasteiger partial charge in [-0.05, 0) is 74.7 Å². The summed E-state index contributed by atoms with van der Waals surface area (Å²) in [7, 11) is 0. The van der Waals surface area contributed by atoms with Crippen LogP contribution in [0.2, 0.25) is 0 Å². The topological polar surface area (TPSA) is 85.2 Å². The molecule has 2 amide bonds. The second kappa shape index (κ2) is 9.26. The van der Waals surface area contributed by atoms with Crippen molar-refractivity contribution in [3.63, 3.8) is 0 Å². The molecule has 1 aromatic heterocycles. The first kappa shape index (κ1) is 21.1. The Labute approximate surface area is 176 Å². The first-order chi connectivity index (χ1) is 14.3. The van der Waals surface area contributed by atoms with Crippen LogP contribution in [-0.4, -0.2) is 28.2 Å². The van der Waals surface area contributed by atoms with E-state index in [0.29, 0.717) is 17.9 Å². The summed E-state index contributed by atoms with van der Waals surface area (Å²) in [4.78, 5) is 24.4. The molecule has 0 fully saturated rings. The summed E-state index contributed by atoms with van der Waals surface area (Å²) in [6.07, 6.45) is 0. The molecule has 30 heavy (non-hydrogen) atoms. The van der Waals surface area contributed by atoms with Gasteiger partial charge in [0.1, 0.15) is 5.75 Å². The van der Waals surface area contributed by atoms with Crippen molar-refractivity contribution in [2.24, 2.45) is 0 Å². The summed E-state index contributed by atoms with van der Waals surface area (Å²) >= 11 is 0. The molecule has 2 aromatic carbocycles. The maximum Gasteiger partial charge on any atom is 0.276 e. The van der Waals surface area contributed by atoms with Gasteiger partial charge in [-0.15, -0.1) is 0 Å². The van der Waals surface area contributed by atoms with Crippen molar-refractivity contribution in [3.8, 4) is 5.75 Å². The highest BCUT2D eigenvalue weighted by molar-refractivity contribution is 5.95. The minimum absolute atomic E-state index is 0.194. The van der Waals surface area contributed by atoms with Gasteiger partial charge in [-0.3, -0.25) is 25.1 Å². The fraction of sp³-hybridized carbons (Fsp3) is 0.261. The van der Waals surface area contributed by atoms with Crippen LogP contribution in [0.15, 0.2) is 48.5 Å². The predicted octanol–water partition coefficient (Wildman–Crippen LogP) is 3.01. The minimum Gasteiger partial charge on any atom is -0.484 e. The molecule has 0 aliphatic rings. The molecular weight excluding hydrogens is 380 g/mol. The zero-order valence-electron chi connectivity index (χ0n) is 17.7. The van der Waals surface area contributed by atoms with Crippen LogP contribution >= 0.6 is 0 Å². The van der Waals surface area contributed by atoms with E-state index in [9.17, 15) is 9.59 Å². The number of carbonyl (C=O) groups is 2. The molecule has 0 bridgehead atoms. The van der Waals surface area contributed by atoms with Gasteiger partial charge in [-0.2, -0.15) is 5.10 Å². The molecule has 0 spiro atoms. The molecule has 0 aliphatic carbocycles. The predicted molar refractivity (Wildman–Crippen MR) is 114 cm³/mol. The van der Waals surface area contributed by atoms with Crippen LogP contribution in [-0.2, 0) is 11.3 Å². The highest BCUT2D eigenvalue weighted by atomic mass is 16.5. The third-order valence-electron chi connectivity index (χ3n) is 4.79. The Balaban J connectivity index is 1.52. The van der Waals surface area contributed by atoms with Crippen LogP contribution in [0, 0.1) is 27.7 Å². The summed E-state index contributed by atoms with van der Waals surface area (Å²) < 4.78 is 7.35. The lowest BCUT2D eigenvalue weighted by Gasteiger charge is -2.11. The normalized spacial score (nSPS) is 10.5. The van der Waals surface area contributed by atoms with Crippen molar-refractivity contribution >= 4 is 11.8 Å². The summed E-state index contributed by atoms with van der Waals surface area (Å²) in [6.45, 7) is 8.29. The molecule has 0 radical (unpaired) electrons. The van der Waals surface area contributed by atoms with Crippen LogP contribution in [0.25, 0.3) is 0 Å². The monoisotopic (exact) mass is 406 g/mol.